The second-order valence-electron chi connectivity index (χ2n) is 6.09. The van der Waals surface area contributed by atoms with E-state index in [0.717, 1.165) is 16.9 Å². The van der Waals surface area contributed by atoms with E-state index in [0.29, 0.717) is 26.2 Å². The average Bonchev–Trinajstić information content (AvgIpc) is 2.64. The van der Waals surface area contributed by atoms with Crippen LogP contribution in [0.5, 0.6) is 5.75 Å². The van der Waals surface area contributed by atoms with Gasteiger partial charge in [-0.1, -0.05) is 36.4 Å². The molecule has 0 aliphatic rings. The maximum atomic E-state index is 13.2. The predicted octanol–water partition coefficient (Wildman–Crippen LogP) is 3.40. The van der Waals surface area contributed by atoms with Gasteiger partial charge in [0.1, 0.15) is 11.6 Å². The van der Waals surface area contributed by atoms with Crippen molar-refractivity contribution in [3.63, 3.8) is 0 Å². The van der Waals surface area contributed by atoms with E-state index in [-0.39, 0.29) is 12.4 Å². The van der Waals surface area contributed by atoms with E-state index >= 15 is 0 Å². The summed E-state index contributed by atoms with van der Waals surface area (Å²) in [5.74, 6) is 0.539. The maximum absolute atomic E-state index is 13.2. The molecule has 4 nitrogen and oxygen atoms in total. The third kappa shape index (κ3) is 6.59. The molecule has 0 aliphatic carbocycles. The van der Waals surface area contributed by atoms with Gasteiger partial charge in [0.05, 0.1) is 26.4 Å². The molecule has 26 heavy (non-hydrogen) atoms. The van der Waals surface area contributed by atoms with Crippen LogP contribution in [0.15, 0.2) is 61.2 Å². The molecule has 1 unspecified atom stereocenters. The Balaban J connectivity index is 2.09. The number of aliphatic hydroxyl groups excluding tert-OH is 1. The predicted molar refractivity (Wildman–Crippen MR) is 101 cm³/mol. The average molecular weight is 359 g/mol. The van der Waals surface area contributed by atoms with Crippen molar-refractivity contribution in [2.24, 2.45) is 0 Å². The summed E-state index contributed by atoms with van der Waals surface area (Å²) in [6.07, 6.45) is 1.02. The number of nitrogens with zero attached hydrogens (tertiary/aromatic N) is 1. The Bertz CT molecular complexity index is 675. The van der Waals surface area contributed by atoms with Gasteiger partial charge < -0.3 is 14.6 Å². The van der Waals surface area contributed by atoms with Crippen molar-refractivity contribution in [3.8, 4) is 5.75 Å². The maximum Gasteiger partial charge on any atom is 0.123 e. The van der Waals surface area contributed by atoms with Gasteiger partial charge in [-0.2, -0.15) is 0 Å². The SMILES string of the molecule is C=CCOCC(O)CN(Cc1ccc(F)cc1)Cc1ccccc1OC. The largest absolute Gasteiger partial charge is 0.496 e. The van der Waals surface area contributed by atoms with Gasteiger partial charge in [-0.3, -0.25) is 4.90 Å². The van der Waals surface area contributed by atoms with Gasteiger partial charge in [0, 0.05) is 25.2 Å². The summed E-state index contributed by atoms with van der Waals surface area (Å²) in [6, 6.07) is 14.2. The lowest BCUT2D eigenvalue weighted by molar-refractivity contribution is 0.0227. The summed E-state index contributed by atoms with van der Waals surface area (Å²) >= 11 is 0. The van der Waals surface area contributed by atoms with Gasteiger partial charge in [0.2, 0.25) is 0 Å². The van der Waals surface area contributed by atoms with Crippen LogP contribution in [0.1, 0.15) is 11.1 Å². The number of methoxy groups -OCH3 is 1. The van der Waals surface area contributed by atoms with Crippen LogP contribution in [0.25, 0.3) is 0 Å². The van der Waals surface area contributed by atoms with Crippen LogP contribution in [-0.2, 0) is 17.8 Å². The molecule has 0 radical (unpaired) electrons. The number of hydrogen-bond donors (Lipinski definition) is 1. The number of ether oxygens (including phenoxy) is 2. The minimum atomic E-state index is -0.634. The molecule has 0 aliphatic heterocycles. The Hall–Kier alpha value is -2.21. The molecule has 0 bridgehead atoms. The molecular weight excluding hydrogens is 333 g/mol. The van der Waals surface area contributed by atoms with Crippen LogP contribution in [0, 0.1) is 5.82 Å². The number of hydrogen-bond acceptors (Lipinski definition) is 4. The number of rotatable bonds is 11. The molecule has 2 aromatic carbocycles. The van der Waals surface area contributed by atoms with Crippen LogP contribution >= 0.6 is 0 Å². The molecule has 1 N–H and O–H groups in total. The van der Waals surface area contributed by atoms with E-state index < -0.39 is 6.10 Å². The summed E-state index contributed by atoms with van der Waals surface area (Å²) in [4.78, 5) is 2.09. The van der Waals surface area contributed by atoms with Crippen molar-refractivity contribution in [1.82, 2.24) is 4.90 Å². The highest BCUT2D eigenvalue weighted by Crippen LogP contribution is 2.20. The fourth-order valence-electron chi connectivity index (χ4n) is 2.75. The Morgan fingerprint density at radius 1 is 1.15 bits per heavy atom. The molecule has 0 heterocycles. The van der Waals surface area contributed by atoms with Crippen molar-refractivity contribution in [2.75, 3.05) is 26.9 Å². The highest BCUT2D eigenvalue weighted by Gasteiger charge is 2.15. The third-order valence-electron chi connectivity index (χ3n) is 3.92. The van der Waals surface area contributed by atoms with Crippen LogP contribution < -0.4 is 4.74 Å². The lowest BCUT2D eigenvalue weighted by Crippen LogP contribution is -2.34. The zero-order valence-corrected chi connectivity index (χ0v) is 15.1. The van der Waals surface area contributed by atoms with Crippen LogP contribution in [-0.4, -0.2) is 43.0 Å². The molecule has 0 amide bonds. The van der Waals surface area contributed by atoms with Crippen LogP contribution in [0.4, 0.5) is 4.39 Å². The zero-order valence-electron chi connectivity index (χ0n) is 15.1. The first kappa shape index (κ1) is 20.1. The minimum absolute atomic E-state index is 0.234. The van der Waals surface area contributed by atoms with Gasteiger partial charge in [0.25, 0.3) is 0 Å². The van der Waals surface area contributed by atoms with Crippen molar-refractivity contribution in [3.05, 3.63) is 78.1 Å². The first-order valence-corrected chi connectivity index (χ1v) is 8.57. The highest BCUT2D eigenvalue weighted by atomic mass is 19.1. The molecular formula is C21H26FNO3. The smallest absolute Gasteiger partial charge is 0.123 e. The van der Waals surface area contributed by atoms with E-state index in [1.807, 2.05) is 24.3 Å². The fraction of sp³-hybridized carbons (Fsp3) is 0.333. The standard InChI is InChI=1S/C21H26FNO3/c1-3-12-26-16-20(24)15-23(13-17-8-10-19(22)11-9-17)14-18-6-4-5-7-21(18)25-2/h3-11,20,24H,1,12-16H2,2H3. The lowest BCUT2D eigenvalue weighted by atomic mass is 10.1. The Morgan fingerprint density at radius 3 is 2.58 bits per heavy atom. The summed E-state index contributed by atoms with van der Waals surface area (Å²) in [5, 5.41) is 10.3. The van der Waals surface area contributed by atoms with Crippen LogP contribution in [0.2, 0.25) is 0 Å². The number of halogens is 1. The van der Waals surface area contributed by atoms with Gasteiger partial charge in [-0.25, -0.2) is 4.39 Å². The molecule has 0 saturated carbocycles. The normalized spacial score (nSPS) is 12.2. The highest BCUT2D eigenvalue weighted by molar-refractivity contribution is 5.33. The van der Waals surface area contributed by atoms with Crippen molar-refractivity contribution in [1.29, 1.82) is 0 Å². The summed E-state index contributed by atoms with van der Waals surface area (Å²) < 4.78 is 23.9. The third-order valence-corrected chi connectivity index (χ3v) is 3.92. The molecule has 2 aromatic rings. The number of aliphatic hydroxyl groups is 1. The molecule has 0 fully saturated rings. The molecule has 0 spiro atoms. The van der Waals surface area contributed by atoms with E-state index in [9.17, 15) is 9.50 Å². The van der Waals surface area contributed by atoms with Gasteiger partial charge in [0.15, 0.2) is 0 Å². The van der Waals surface area contributed by atoms with Gasteiger partial charge in [-0.05, 0) is 23.8 Å². The topological polar surface area (TPSA) is 41.9 Å². The molecule has 1 atom stereocenters. The summed E-state index contributed by atoms with van der Waals surface area (Å²) in [6.45, 7) is 5.83. The van der Waals surface area contributed by atoms with Crippen molar-refractivity contribution < 1.29 is 19.0 Å². The molecule has 140 valence electrons. The first-order chi connectivity index (χ1) is 12.6. The number of benzene rings is 2. The Kier molecular flexibility index (Phi) is 8.28. The Labute approximate surface area is 154 Å². The summed E-state index contributed by atoms with van der Waals surface area (Å²) in [5.41, 5.74) is 2.00. The van der Waals surface area contributed by atoms with Crippen LogP contribution in [0.3, 0.4) is 0 Å². The number of para-hydroxylation sites is 1. The zero-order chi connectivity index (χ0) is 18.8. The molecule has 0 aromatic heterocycles. The Morgan fingerprint density at radius 2 is 1.88 bits per heavy atom. The monoisotopic (exact) mass is 359 g/mol. The van der Waals surface area contributed by atoms with Crippen molar-refractivity contribution in [2.45, 2.75) is 19.2 Å². The van der Waals surface area contributed by atoms with E-state index in [1.54, 1.807) is 25.3 Å². The second-order valence-corrected chi connectivity index (χ2v) is 6.09. The van der Waals surface area contributed by atoms with Crippen molar-refractivity contribution >= 4 is 0 Å². The minimum Gasteiger partial charge on any atom is -0.496 e. The first-order valence-electron chi connectivity index (χ1n) is 8.57. The fourth-order valence-corrected chi connectivity index (χ4v) is 2.75. The molecule has 0 saturated heterocycles. The second kappa shape index (κ2) is 10.7. The van der Waals surface area contributed by atoms with Gasteiger partial charge in [-0.15, -0.1) is 6.58 Å². The molecule has 2 rings (SSSR count). The quantitative estimate of drug-likeness (QED) is 0.493. The van der Waals surface area contributed by atoms with E-state index in [2.05, 4.69) is 11.5 Å². The molecule has 5 heteroatoms. The van der Waals surface area contributed by atoms with Gasteiger partial charge >= 0.3 is 0 Å². The van der Waals surface area contributed by atoms with E-state index in [1.165, 1.54) is 12.1 Å². The van der Waals surface area contributed by atoms with E-state index in [4.69, 9.17) is 9.47 Å². The summed E-state index contributed by atoms with van der Waals surface area (Å²) in [7, 11) is 1.64. The lowest BCUT2D eigenvalue weighted by Gasteiger charge is -2.26.